The van der Waals surface area contributed by atoms with E-state index >= 15 is 0 Å². The summed E-state index contributed by atoms with van der Waals surface area (Å²) in [6.45, 7) is 0. The highest BCUT2D eigenvalue weighted by atomic mass is 29.5. The number of rotatable bonds is 2. The zero-order chi connectivity index (χ0) is 7.40. The zero-order valence-electron chi connectivity index (χ0n) is 6.12. The Hall–Kier alpha value is -0.169. The molecule has 10 heavy (non-hydrogen) atoms. The van der Waals surface area contributed by atoms with Gasteiger partial charge in [-0.1, -0.05) is 35.5 Å². The normalized spacial score (nSPS) is 14.5. The first kappa shape index (κ1) is 7.93. The Kier molecular flexibility index (Phi) is 3.07. The van der Waals surface area contributed by atoms with Crippen molar-refractivity contribution in [3.63, 3.8) is 0 Å². The van der Waals surface area contributed by atoms with Crippen LogP contribution in [0.2, 0.25) is 0 Å². The van der Waals surface area contributed by atoms with Crippen LogP contribution in [0.25, 0.3) is 0 Å². The average Bonchev–Trinajstić information content (AvgIpc) is 2.05. The molecule has 0 aliphatic rings. The van der Waals surface area contributed by atoms with Gasteiger partial charge in [0.25, 0.3) is 0 Å². The molecule has 0 spiro atoms. The summed E-state index contributed by atoms with van der Waals surface area (Å²) in [6.07, 6.45) is 0. The molecule has 1 N–H and O–H groups in total. The molecule has 1 atom stereocenters. The molecule has 4 heteroatoms. The van der Waals surface area contributed by atoms with Gasteiger partial charge < -0.3 is 4.80 Å². The Morgan fingerprint density at radius 2 is 1.90 bits per heavy atom. The highest BCUT2D eigenvalue weighted by Gasteiger charge is 2.03. The van der Waals surface area contributed by atoms with Crippen LogP contribution in [0.1, 0.15) is 0 Å². The van der Waals surface area contributed by atoms with E-state index in [4.69, 9.17) is 4.80 Å². The van der Waals surface area contributed by atoms with Crippen molar-refractivity contribution >= 4 is 32.1 Å². The van der Waals surface area contributed by atoms with E-state index in [1.54, 1.807) is 0 Å². The van der Waals surface area contributed by atoms with E-state index in [1.807, 2.05) is 6.07 Å². The second kappa shape index (κ2) is 3.87. The van der Waals surface area contributed by atoms with E-state index in [0.29, 0.717) is 0 Å². The summed E-state index contributed by atoms with van der Waals surface area (Å²) < 4.78 is 0. The first-order valence-electron chi connectivity index (χ1n) is 3.50. The molecule has 0 heterocycles. The topological polar surface area (TPSA) is 20.2 Å². The van der Waals surface area contributed by atoms with Crippen molar-refractivity contribution in [1.29, 1.82) is 0 Å². The summed E-state index contributed by atoms with van der Waals surface area (Å²) in [6, 6.07) is 10.5. The molecule has 0 amide bonds. The summed E-state index contributed by atoms with van der Waals surface area (Å²) in [5, 5.41) is 1.46. The van der Waals surface area contributed by atoms with Gasteiger partial charge in [-0.2, -0.15) is 0 Å². The molecule has 0 saturated heterocycles. The van der Waals surface area contributed by atoms with Crippen LogP contribution in [0.15, 0.2) is 30.3 Å². The van der Waals surface area contributed by atoms with Gasteiger partial charge in [0, 0.05) is 9.76 Å². The fourth-order valence-corrected chi connectivity index (χ4v) is 4.58. The maximum absolute atomic E-state index is 9.02. The Bertz CT molecular complexity index is 189. The van der Waals surface area contributed by atoms with E-state index < -0.39 is 17.1 Å². The second-order valence-corrected chi connectivity index (χ2v) is 19.2. The molecule has 0 fully saturated rings. The Morgan fingerprint density at radius 3 is 2.40 bits per heavy atom. The minimum Gasteiger partial charge on any atom is -0.442 e. The average molecular weight is 184 g/mol. The predicted octanol–water partition coefficient (Wildman–Crippen LogP) is -2.44. The summed E-state index contributed by atoms with van der Waals surface area (Å²) in [7, 11) is -0.138. The van der Waals surface area contributed by atoms with Crippen LogP contribution in [0.4, 0.5) is 0 Å². The van der Waals surface area contributed by atoms with Crippen molar-refractivity contribution in [2.75, 3.05) is 0 Å². The molecular weight excluding hydrogens is 172 g/mol. The molecule has 0 aliphatic carbocycles. The van der Waals surface area contributed by atoms with Gasteiger partial charge in [0.2, 0.25) is 0 Å². The molecular formula is C6H12OSi3. The van der Waals surface area contributed by atoms with Gasteiger partial charge in [-0.05, 0) is 0 Å². The third kappa shape index (κ3) is 1.91. The fraction of sp³-hybridized carbons (Fsp3) is 0. The van der Waals surface area contributed by atoms with E-state index in [0.717, 1.165) is 0 Å². The number of benzene rings is 1. The van der Waals surface area contributed by atoms with Crippen molar-refractivity contribution in [3.05, 3.63) is 30.3 Å². The lowest BCUT2D eigenvalue weighted by molar-refractivity contribution is 0.620. The lowest BCUT2D eigenvalue weighted by atomic mass is 10.4. The first-order chi connectivity index (χ1) is 4.84. The summed E-state index contributed by atoms with van der Waals surface area (Å²) in [4.78, 5) is 9.02. The third-order valence-corrected chi connectivity index (χ3v) is 12.1. The molecule has 1 aromatic rings. The van der Waals surface area contributed by atoms with E-state index in [2.05, 4.69) is 24.3 Å². The smallest absolute Gasteiger partial charge is 0.144 e. The quantitative estimate of drug-likeness (QED) is 0.506. The third-order valence-electron chi connectivity index (χ3n) is 1.64. The highest BCUT2D eigenvalue weighted by Crippen LogP contribution is 1.83. The molecule has 54 valence electrons. The van der Waals surface area contributed by atoms with Gasteiger partial charge in [0.05, 0.1) is 7.83 Å². The first-order valence-corrected chi connectivity index (χ1v) is 12.6. The second-order valence-electron chi connectivity index (χ2n) is 2.49. The van der Waals surface area contributed by atoms with Gasteiger partial charge >= 0.3 is 0 Å². The van der Waals surface area contributed by atoms with Gasteiger partial charge in [-0.15, -0.1) is 0 Å². The summed E-state index contributed by atoms with van der Waals surface area (Å²) in [5.74, 6) is 0. The number of hydrogen-bond acceptors (Lipinski definition) is 1. The molecule has 0 saturated carbocycles. The Balaban J connectivity index is 2.75. The zero-order valence-corrected chi connectivity index (χ0v) is 10.7. The predicted molar refractivity (Wildman–Crippen MR) is 53.9 cm³/mol. The molecule has 1 aromatic carbocycles. The maximum atomic E-state index is 9.02. The molecule has 0 aliphatic heterocycles. The molecule has 0 radical (unpaired) electrons. The molecule has 1 nitrogen and oxygen atoms in total. The lowest BCUT2D eigenvalue weighted by Crippen LogP contribution is -2.37. The molecule has 1 unspecified atom stereocenters. The van der Waals surface area contributed by atoms with Crippen LogP contribution in [0, 0.1) is 0 Å². The minimum absolute atomic E-state index is 0.659. The Labute approximate surface area is 67.6 Å². The van der Waals surface area contributed by atoms with E-state index in [1.165, 1.54) is 14.9 Å². The summed E-state index contributed by atoms with van der Waals surface area (Å²) in [5.41, 5.74) is 0. The molecule has 0 aromatic heterocycles. The monoisotopic (exact) mass is 184 g/mol. The van der Waals surface area contributed by atoms with Crippen LogP contribution in [-0.2, 0) is 0 Å². The summed E-state index contributed by atoms with van der Waals surface area (Å²) >= 11 is 0. The van der Waals surface area contributed by atoms with Crippen molar-refractivity contribution in [2.45, 2.75) is 0 Å². The van der Waals surface area contributed by atoms with Crippen LogP contribution < -0.4 is 5.19 Å². The largest absolute Gasteiger partial charge is 0.442 e. The van der Waals surface area contributed by atoms with Crippen molar-refractivity contribution in [3.8, 4) is 0 Å². The molecule has 0 bridgehead atoms. The van der Waals surface area contributed by atoms with Gasteiger partial charge in [0.15, 0.2) is 0 Å². The van der Waals surface area contributed by atoms with E-state index in [9.17, 15) is 0 Å². The van der Waals surface area contributed by atoms with Gasteiger partial charge in [0.1, 0.15) is 9.28 Å². The van der Waals surface area contributed by atoms with Crippen molar-refractivity contribution in [2.24, 2.45) is 0 Å². The Morgan fingerprint density at radius 1 is 1.30 bits per heavy atom. The minimum atomic E-state index is -0.706. The standard InChI is InChI=1S/C6H12OSi3/c7-9-10(8)6-4-2-1-3-5-6/h1-5,7,10H,9H2,8H3. The van der Waals surface area contributed by atoms with E-state index in [-0.39, 0.29) is 0 Å². The van der Waals surface area contributed by atoms with Crippen LogP contribution in [-0.4, -0.2) is 31.7 Å². The molecule has 1 rings (SSSR count). The van der Waals surface area contributed by atoms with Crippen LogP contribution in [0.3, 0.4) is 0 Å². The van der Waals surface area contributed by atoms with Crippen LogP contribution >= 0.6 is 0 Å². The van der Waals surface area contributed by atoms with Crippen molar-refractivity contribution < 1.29 is 4.80 Å². The van der Waals surface area contributed by atoms with Gasteiger partial charge in [-0.3, -0.25) is 0 Å². The van der Waals surface area contributed by atoms with Crippen LogP contribution in [0.5, 0.6) is 0 Å². The SMILES string of the molecule is O[SiH2][SiH]([SiH3])c1ccccc1. The lowest BCUT2D eigenvalue weighted by Gasteiger charge is -2.03. The maximum Gasteiger partial charge on any atom is 0.144 e. The fourth-order valence-electron chi connectivity index (χ4n) is 0.887. The highest BCUT2D eigenvalue weighted by molar-refractivity contribution is 7.38. The van der Waals surface area contributed by atoms with Crippen molar-refractivity contribution in [1.82, 2.24) is 0 Å². The van der Waals surface area contributed by atoms with Gasteiger partial charge in [-0.25, -0.2) is 0 Å². The number of hydrogen-bond donors (Lipinski definition) is 1.